The molecule has 58 valence electrons. The van der Waals surface area contributed by atoms with E-state index in [-0.39, 0.29) is 5.75 Å². The maximum Gasteiger partial charge on any atom is 0.246 e. The Morgan fingerprint density at radius 1 is 1.33 bits per heavy atom. The van der Waals surface area contributed by atoms with E-state index in [4.69, 9.17) is 0 Å². The summed E-state index contributed by atoms with van der Waals surface area (Å²) in [6, 6.07) is 0. The van der Waals surface area contributed by atoms with E-state index in [1.54, 1.807) is 0 Å². The molecular formula is C6H14F2S. The van der Waals surface area contributed by atoms with Gasteiger partial charge in [-0.3, -0.25) is 0 Å². The molecule has 0 saturated carbocycles. The Morgan fingerprint density at radius 3 is 1.89 bits per heavy atom. The highest BCUT2D eigenvalue weighted by atomic mass is 32.3. The zero-order valence-electron chi connectivity index (χ0n) is 6.16. The van der Waals surface area contributed by atoms with Crippen LogP contribution in [-0.4, -0.2) is 30.4 Å². The first-order valence-corrected chi connectivity index (χ1v) is 5.73. The number of hydrogen-bond donors (Lipinski definition) is 0. The summed E-state index contributed by atoms with van der Waals surface area (Å²) in [4.78, 5) is 0. The number of hydrogen-bond acceptors (Lipinski definition) is 0. The van der Waals surface area contributed by atoms with Crippen molar-refractivity contribution in [2.75, 3.05) is 24.0 Å². The molecule has 0 spiro atoms. The fourth-order valence-corrected chi connectivity index (χ4v) is 1.38. The monoisotopic (exact) mass is 156 g/mol. The van der Waals surface area contributed by atoms with Crippen molar-refractivity contribution in [3.63, 3.8) is 0 Å². The molecule has 0 N–H and O–H groups in total. The Morgan fingerprint density at radius 2 is 1.78 bits per heavy atom. The molecule has 0 heterocycles. The van der Waals surface area contributed by atoms with Gasteiger partial charge < -0.3 is 0 Å². The van der Waals surface area contributed by atoms with Crippen molar-refractivity contribution in [1.82, 2.24) is 0 Å². The van der Waals surface area contributed by atoms with E-state index in [0.717, 1.165) is 5.75 Å². The van der Waals surface area contributed by atoms with Crippen LogP contribution in [0.5, 0.6) is 0 Å². The van der Waals surface area contributed by atoms with Crippen LogP contribution in [0.3, 0.4) is 0 Å². The fraction of sp³-hybridized carbons (Fsp3) is 1.00. The third-order valence-corrected chi connectivity index (χ3v) is 4.08. The van der Waals surface area contributed by atoms with E-state index in [9.17, 15) is 8.78 Å². The van der Waals surface area contributed by atoms with E-state index >= 15 is 0 Å². The third kappa shape index (κ3) is 4.70. The predicted octanol–water partition coefficient (Wildman–Crippen LogP) is 2.34. The van der Waals surface area contributed by atoms with E-state index in [0.29, 0.717) is 0 Å². The zero-order chi connectivity index (χ0) is 7.49. The Kier molecular flexibility index (Phi) is 3.48. The van der Waals surface area contributed by atoms with Crippen LogP contribution in [-0.2, 0) is 0 Å². The topological polar surface area (TPSA) is 0 Å². The fourth-order valence-electron chi connectivity index (χ4n) is 0.459. The molecule has 0 radical (unpaired) electrons. The summed E-state index contributed by atoms with van der Waals surface area (Å²) in [5.74, 6) is 1.00. The molecule has 0 aromatic carbocycles. The van der Waals surface area contributed by atoms with Crippen LogP contribution < -0.4 is 0 Å². The van der Waals surface area contributed by atoms with E-state index in [2.05, 4.69) is 0 Å². The summed E-state index contributed by atoms with van der Waals surface area (Å²) < 4.78 is 23.5. The molecule has 0 unspecified atom stereocenters. The van der Waals surface area contributed by atoms with Gasteiger partial charge in [0, 0.05) is 5.75 Å². The molecule has 0 rings (SSSR count). The van der Waals surface area contributed by atoms with Gasteiger partial charge in [0.15, 0.2) is 0 Å². The van der Waals surface area contributed by atoms with Crippen LogP contribution >= 0.6 is 10.0 Å². The molecule has 0 nitrogen and oxygen atoms in total. The quantitative estimate of drug-likeness (QED) is 0.588. The van der Waals surface area contributed by atoms with Crippen molar-refractivity contribution in [2.24, 2.45) is 0 Å². The van der Waals surface area contributed by atoms with E-state index in [1.165, 1.54) is 0 Å². The maximum atomic E-state index is 11.7. The van der Waals surface area contributed by atoms with E-state index in [1.807, 2.05) is 19.4 Å². The first kappa shape index (κ1) is 9.21. The average Bonchev–Trinajstić information content (AvgIpc) is 1.63. The van der Waals surface area contributed by atoms with Gasteiger partial charge in [0.2, 0.25) is 6.43 Å². The van der Waals surface area contributed by atoms with Crippen LogP contribution in [0.15, 0.2) is 0 Å². The van der Waals surface area contributed by atoms with Gasteiger partial charge in [-0.15, -0.1) is 0 Å². The molecular weight excluding hydrogens is 142 g/mol. The molecule has 3 heteroatoms. The minimum Gasteiger partial charge on any atom is -0.242 e. The maximum absolute atomic E-state index is 11.7. The summed E-state index contributed by atoms with van der Waals surface area (Å²) in [6.07, 6.45) is 1.77. The second-order valence-corrected chi connectivity index (χ2v) is 7.06. The SMILES string of the molecule is CCS(C)(C)CC(F)F. The summed E-state index contributed by atoms with van der Waals surface area (Å²) in [7, 11) is -0.969. The van der Waals surface area contributed by atoms with Crippen LogP contribution in [0.1, 0.15) is 6.92 Å². The van der Waals surface area contributed by atoms with Crippen molar-refractivity contribution in [3.05, 3.63) is 0 Å². The van der Waals surface area contributed by atoms with Crippen LogP contribution in [0.4, 0.5) is 8.78 Å². The van der Waals surface area contributed by atoms with Crippen molar-refractivity contribution in [1.29, 1.82) is 0 Å². The molecule has 0 bridgehead atoms. The molecule has 0 aromatic heterocycles. The molecule has 0 fully saturated rings. The smallest absolute Gasteiger partial charge is 0.242 e. The normalized spacial score (nSPS) is 14.4. The standard InChI is InChI=1S/C6H14F2S/c1-4-9(2,3)5-6(7)8/h6H,4-5H2,1-3H3. The lowest BCUT2D eigenvalue weighted by molar-refractivity contribution is 0.176. The second kappa shape index (κ2) is 3.40. The predicted molar refractivity (Wildman–Crippen MR) is 40.9 cm³/mol. The average molecular weight is 156 g/mol. The number of halogens is 2. The van der Waals surface area contributed by atoms with Gasteiger partial charge >= 0.3 is 0 Å². The van der Waals surface area contributed by atoms with Gasteiger partial charge in [-0.25, -0.2) is 18.8 Å². The highest BCUT2D eigenvalue weighted by Crippen LogP contribution is 2.40. The van der Waals surface area contributed by atoms with Gasteiger partial charge in [0.1, 0.15) is 0 Å². The van der Waals surface area contributed by atoms with Crippen molar-refractivity contribution < 1.29 is 8.78 Å². The summed E-state index contributed by atoms with van der Waals surface area (Å²) in [5.41, 5.74) is 0. The second-order valence-electron chi connectivity index (χ2n) is 2.61. The minimum absolute atomic E-state index is 0.101. The Bertz CT molecular complexity index is 81.1. The van der Waals surface area contributed by atoms with Crippen molar-refractivity contribution in [2.45, 2.75) is 13.3 Å². The third-order valence-electron chi connectivity index (χ3n) is 1.36. The molecule has 0 amide bonds. The lowest BCUT2D eigenvalue weighted by Gasteiger charge is -2.28. The molecule has 0 aliphatic rings. The zero-order valence-corrected chi connectivity index (χ0v) is 6.97. The Labute approximate surface area is 57.0 Å². The van der Waals surface area contributed by atoms with Gasteiger partial charge in [0.05, 0.1) is 0 Å². The molecule has 9 heavy (non-hydrogen) atoms. The largest absolute Gasteiger partial charge is 0.246 e. The minimum atomic E-state index is -2.12. The Balaban J connectivity index is 3.58. The lowest BCUT2D eigenvalue weighted by Crippen LogP contribution is -2.10. The number of alkyl halides is 2. The summed E-state index contributed by atoms with van der Waals surface area (Å²) >= 11 is 0. The van der Waals surface area contributed by atoms with Crippen molar-refractivity contribution in [3.8, 4) is 0 Å². The Hall–Kier alpha value is 0.210. The molecule has 0 aliphatic heterocycles. The molecule has 0 aliphatic carbocycles. The van der Waals surface area contributed by atoms with Crippen LogP contribution in [0.2, 0.25) is 0 Å². The first-order chi connectivity index (χ1) is 3.98. The highest BCUT2D eigenvalue weighted by molar-refractivity contribution is 8.32. The van der Waals surface area contributed by atoms with Gasteiger partial charge in [-0.05, 0) is 18.3 Å². The van der Waals surface area contributed by atoms with Crippen LogP contribution in [0, 0.1) is 0 Å². The summed E-state index contributed by atoms with van der Waals surface area (Å²) in [5, 5.41) is 0. The van der Waals surface area contributed by atoms with Gasteiger partial charge in [-0.2, -0.15) is 0 Å². The summed E-state index contributed by atoms with van der Waals surface area (Å²) in [6.45, 7) is 1.97. The number of rotatable bonds is 3. The molecule has 0 aromatic rings. The van der Waals surface area contributed by atoms with Gasteiger partial charge in [-0.1, -0.05) is 6.92 Å². The van der Waals surface area contributed by atoms with Gasteiger partial charge in [0.25, 0.3) is 0 Å². The van der Waals surface area contributed by atoms with Crippen LogP contribution in [0.25, 0.3) is 0 Å². The lowest BCUT2D eigenvalue weighted by atomic mass is 10.9. The first-order valence-electron chi connectivity index (χ1n) is 2.95. The molecule has 0 atom stereocenters. The molecule has 0 saturated heterocycles. The highest BCUT2D eigenvalue weighted by Gasteiger charge is 2.14. The van der Waals surface area contributed by atoms with Crippen molar-refractivity contribution >= 4 is 10.0 Å². The van der Waals surface area contributed by atoms with E-state index < -0.39 is 16.5 Å².